The summed E-state index contributed by atoms with van der Waals surface area (Å²) in [4.78, 5) is 14.7. The second-order valence-electron chi connectivity index (χ2n) is 5.67. The molecule has 130 valence electrons. The molecule has 5 nitrogen and oxygen atoms in total. The maximum absolute atomic E-state index is 12.9. The van der Waals surface area contributed by atoms with Gasteiger partial charge in [-0.25, -0.2) is 4.68 Å². The highest BCUT2D eigenvalue weighted by Crippen LogP contribution is 2.18. The molecule has 1 amide bonds. The van der Waals surface area contributed by atoms with Crippen molar-refractivity contribution in [2.24, 2.45) is 0 Å². The summed E-state index contributed by atoms with van der Waals surface area (Å²) >= 11 is 3.43. The quantitative estimate of drug-likeness (QED) is 0.684. The zero-order chi connectivity index (χ0) is 17.5. The summed E-state index contributed by atoms with van der Waals surface area (Å²) in [6, 6.07) is 7.87. The second kappa shape index (κ2) is 8.99. The number of benzene rings is 1. The molecule has 0 bridgehead atoms. The third kappa shape index (κ3) is 4.45. The largest absolute Gasteiger partial charge is 0.383 e. The van der Waals surface area contributed by atoms with E-state index in [-0.39, 0.29) is 5.91 Å². The van der Waals surface area contributed by atoms with E-state index in [4.69, 9.17) is 4.74 Å². The zero-order valence-electron chi connectivity index (χ0n) is 14.5. The molecule has 1 aromatic carbocycles. The lowest BCUT2D eigenvalue weighted by molar-refractivity contribution is 0.0692. The van der Waals surface area contributed by atoms with Crippen LogP contribution in [0, 0.1) is 6.92 Å². The van der Waals surface area contributed by atoms with Crippen LogP contribution in [0.1, 0.15) is 35.8 Å². The average Bonchev–Trinajstić information content (AvgIpc) is 2.97. The molecule has 1 heterocycles. The van der Waals surface area contributed by atoms with Crippen LogP contribution < -0.4 is 0 Å². The standard InChI is InChI=1S/C18H24BrN3O2/c1-4-5-10-21(11-12-24-3)18(23)17-13-20-22(14(17)2)16-8-6-15(19)7-9-16/h6-9,13H,4-5,10-12H2,1-3H3. The maximum Gasteiger partial charge on any atom is 0.257 e. The summed E-state index contributed by atoms with van der Waals surface area (Å²) in [5, 5.41) is 4.40. The Morgan fingerprint density at radius 2 is 2.00 bits per heavy atom. The molecule has 0 N–H and O–H groups in total. The van der Waals surface area contributed by atoms with Crippen molar-refractivity contribution in [2.45, 2.75) is 26.7 Å². The Balaban J connectivity index is 2.23. The van der Waals surface area contributed by atoms with Crippen LogP contribution in [0.5, 0.6) is 0 Å². The summed E-state index contributed by atoms with van der Waals surface area (Å²) in [5.41, 5.74) is 2.43. The van der Waals surface area contributed by atoms with E-state index in [9.17, 15) is 4.79 Å². The minimum atomic E-state index is 0.0151. The van der Waals surface area contributed by atoms with Gasteiger partial charge in [-0.1, -0.05) is 29.3 Å². The lowest BCUT2D eigenvalue weighted by Crippen LogP contribution is -2.35. The van der Waals surface area contributed by atoms with Crippen molar-refractivity contribution in [2.75, 3.05) is 26.8 Å². The van der Waals surface area contributed by atoms with Gasteiger partial charge in [-0.05, 0) is 37.6 Å². The van der Waals surface area contributed by atoms with Crippen LogP contribution in [0.3, 0.4) is 0 Å². The minimum absolute atomic E-state index is 0.0151. The van der Waals surface area contributed by atoms with Crippen molar-refractivity contribution in [3.05, 3.63) is 46.2 Å². The van der Waals surface area contributed by atoms with Gasteiger partial charge >= 0.3 is 0 Å². The normalized spacial score (nSPS) is 10.8. The molecule has 2 rings (SSSR count). The number of amides is 1. The van der Waals surface area contributed by atoms with Gasteiger partial charge in [0.1, 0.15) is 0 Å². The highest BCUT2D eigenvalue weighted by atomic mass is 79.9. The fourth-order valence-electron chi connectivity index (χ4n) is 2.50. The first-order valence-corrected chi connectivity index (χ1v) is 8.96. The molecule has 0 aliphatic rings. The summed E-state index contributed by atoms with van der Waals surface area (Å²) in [5.74, 6) is 0.0151. The second-order valence-corrected chi connectivity index (χ2v) is 6.59. The first-order valence-electron chi connectivity index (χ1n) is 8.17. The highest BCUT2D eigenvalue weighted by molar-refractivity contribution is 9.10. The van der Waals surface area contributed by atoms with Gasteiger partial charge in [0.25, 0.3) is 5.91 Å². The van der Waals surface area contributed by atoms with Gasteiger partial charge in [0.15, 0.2) is 0 Å². The third-order valence-electron chi connectivity index (χ3n) is 3.95. The van der Waals surface area contributed by atoms with Crippen molar-refractivity contribution in [3.63, 3.8) is 0 Å². The molecular weight excluding hydrogens is 370 g/mol. The number of nitrogens with zero attached hydrogens (tertiary/aromatic N) is 3. The molecule has 0 atom stereocenters. The van der Waals surface area contributed by atoms with E-state index in [1.165, 1.54) is 0 Å². The first-order chi connectivity index (χ1) is 11.6. The molecule has 0 aliphatic heterocycles. The number of hydrogen-bond acceptors (Lipinski definition) is 3. The number of rotatable bonds is 8. The molecule has 2 aromatic rings. The van der Waals surface area contributed by atoms with Gasteiger partial charge in [0, 0.05) is 24.7 Å². The van der Waals surface area contributed by atoms with E-state index in [0.29, 0.717) is 18.7 Å². The summed E-state index contributed by atoms with van der Waals surface area (Å²) in [7, 11) is 1.65. The zero-order valence-corrected chi connectivity index (χ0v) is 16.0. The van der Waals surface area contributed by atoms with Gasteiger partial charge in [-0.3, -0.25) is 4.79 Å². The SMILES string of the molecule is CCCCN(CCOC)C(=O)c1cnn(-c2ccc(Br)cc2)c1C. The number of unbranched alkanes of at least 4 members (excludes halogenated alkanes) is 1. The topological polar surface area (TPSA) is 47.4 Å². The van der Waals surface area contributed by atoms with E-state index >= 15 is 0 Å². The summed E-state index contributed by atoms with van der Waals surface area (Å²) < 4.78 is 7.95. The van der Waals surface area contributed by atoms with Crippen LogP contribution in [0.15, 0.2) is 34.9 Å². The van der Waals surface area contributed by atoms with Crippen LogP contribution in [0.4, 0.5) is 0 Å². The number of methoxy groups -OCH3 is 1. The van der Waals surface area contributed by atoms with E-state index < -0.39 is 0 Å². The number of carbonyl (C=O) groups excluding carboxylic acids is 1. The lowest BCUT2D eigenvalue weighted by Gasteiger charge is -2.22. The summed E-state index contributed by atoms with van der Waals surface area (Å²) in [6.07, 6.45) is 3.69. The molecule has 0 spiro atoms. The van der Waals surface area contributed by atoms with E-state index in [1.54, 1.807) is 18.0 Å². The van der Waals surface area contributed by atoms with Crippen LogP contribution in [-0.2, 0) is 4.74 Å². The Bertz CT molecular complexity index is 659. The van der Waals surface area contributed by atoms with Crippen molar-refractivity contribution >= 4 is 21.8 Å². The smallest absolute Gasteiger partial charge is 0.257 e. The molecule has 0 unspecified atom stereocenters. The molecule has 1 aromatic heterocycles. The van der Waals surface area contributed by atoms with Crippen LogP contribution >= 0.6 is 15.9 Å². The molecule has 24 heavy (non-hydrogen) atoms. The number of carbonyl (C=O) groups is 1. The predicted molar refractivity (Wildman–Crippen MR) is 98.7 cm³/mol. The molecule has 0 saturated heterocycles. The molecule has 0 aliphatic carbocycles. The van der Waals surface area contributed by atoms with Gasteiger partial charge in [-0.2, -0.15) is 5.10 Å². The molecule has 0 saturated carbocycles. The molecular formula is C18H24BrN3O2. The van der Waals surface area contributed by atoms with E-state index in [1.807, 2.05) is 36.1 Å². The molecule has 0 radical (unpaired) electrons. The number of aromatic nitrogens is 2. The Kier molecular flexibility index (Phi) is 6.99. The Morgan fingerprint density at radius 1 is 1.29 bits per heavy atom. The van der Waals surface area contributed by atoms with Crippen molar-refractivity contribution in [1.82, 2.24) is 14.7 Å². The lowest BCUT2D eigenvalue weighted by atomic mass is 10.2. The van der Waals surface area contributed by atoms with Crippen molar-refractivity contribution in [1.29, 1.82) is 0 Å². The maximum atomic E-state index is 12.9. The van der Waals surface area contributed by atoms with Gasteiger partial charge in [0.2, 0.25) is 0 Å². The van der Waals surface area contributed by atoms with Gasteiger partial charge in [0.05, 0.1) is 29.7 Å². The monoisotopic (exact) mass is 393 g/mol. The minimum Gasteiger partial charge on any atom is -0.383 e. The van der Waals surface area contributed by atoms with Gasteiger partial charge in [-0.15, -0.1) is 0 Å². The van der Waals surface area contributed by atoms with Gasteiger partial charge < -0.3 is 9.64 Å². The number of hydrogen-bond donors (Lipinski definition) is 0. The molecule has 6 heteroatoms. The molecule has 0 fully saturated rings. The van der Waals surface area contributed by atoms with Crippen molar-refractivity contribution in [3.8, 4) is 5.69 Å². The van der Waals surface area contributed by atoms with Crippen LogP contribution in [-0.4, -0.2) is 47.4 Å². The fourth-order valence-corrected chi connectivity index (χ4v) is 2.76. The summed E-state index contributed by atoms with van der Waals surface area (Å²) in [6.45, 7) is 5.92. The highest BCUT2D eigenvalue weighted by Gasteiger charge is 2.20. The number of halogens is 1. The first kappa shape index (κ1) is 18.7. The van der Waals surface area contributed by atoms with Crippen LogP contribution in [0.25, 0.3) is 5.69 Å². The van der Waals surface area contributed by atoms with Crippen LogP contribution in [0.2, 0.25) is 0 Å². The van der Waals surface area contributed by atoms with E-state index in [2.05, 4.69) is 28.0 Å². The Labute approximate surface area is 151 Å². The fraction of sp³-hybridized carbons (Fsp3) is 0.444. The predicted octanol–water partition coefficient (Wildman–Crippen LogP) is 3.83. The Morgan fingerprint density at radius 3 is 2.62 bits per heavy atom. The third-order valence-corrected chi connectivity index (χ3v) is 4.47. The van der Waals surface area contributed by atoms with E-state index in [0.717, 1.165) is 35.2 Å². The number of ether oxygens (including phenoxy) is 1. The van der Waals surface area contributed by atoms with Crippen molar-refractivity contribution < 1.29 is 9.53 Å². The Hall–Kier alpha value is -1.66. The average molecular weight is 394 g/mol.